The number of rotatable bonds is 14. The van der Waals surface area contributed by atoms with E-state index in [9.17, 15) is 25.2 Å². The number of unbranched alkanes of at least 4 members (excludes halogenated alkanes) is 3. The van der Waals surface area contributed by atoms with Gasteiger partial charge in [0.25, 0.3) is 0 Å². The van der Waals surface area contributed by atoms with Gasteiger partial charge in [-0.2, -0.15) is 11.9 Å². The van der Waals surface area contributed by atoms with Gasteiger partial charge in [0.2, 0.25) is 0 Å². The zero-order valence-corrected chi connectivity index (χ0v) is 29.9. The first-order valence-corrected chi connectivity index (χ1v) is 19.4. The van der Waals surface area contributed by atoms with Crippen LogP contribution in [0.4, 0.5) is 5.82 Å². The standard InChI is InChI=1S/C41H62N3O5/c1-3-5-6-9-28-12-13-31(37(46)23-28)10-7-8-11-32-14-15-33(35-22-27(4-2)26-44-35)34-21-30(20-29-17-19-43-38(42)24-29)25-41(34,49)18-16-36(45)39(32)40(47)48/h12-13,17,19,22,24,26,28,30-34,36-37,39,45-46,49H,3-11,14-16,18,20-21,23,25H2,1-2H3,(H2,42,43)(H,47,48)/q-1. The van der Waals surface area contributed by atoms with Gasteiger partial charge in [0.1, 0.15) is 5.82 Å². The molecule has 2 saturated carbocycles. The van der Waals surface area contributed by atoms with Gasteiger partial charge in [-0.3, -0.25) is 4.79 Å². The SMILES string of the molecule is CCCCCC1C=CC(CCCCC2CCC(c3cc(CC)c[n-]3)C3CC(Cc4ccnc(N)c4)CC3(O)CCC(O)C2C(=O)O)C(O)C1. The maximum atomic E-state index is 12.8. The van der Waals surface area contributed by atoms with E-state index in [1.165, 1.54) is 24.8 Å². The average Bonchev–Trinajstić information content (AvgIpc) is 3.67. The Bertz CT molecular complexity index is 1360. The third-order valence-corrected chi connectivity index (χ3v) is 12.4. The van der Waals surface area contributed by atoms with E-state index in [-0.39, 0.29) is 42.1 Å². The van der Waals surface area contributed by atoms with Crippen molar-refractivity contribution in [3.8, 4) is 0 Å². The maximum absolute atomic E-state index is 12.8. The van der Waals surface area contributed by atoms with Gasteiger partial charge in [0, 0.05) is 12.1 Å². The van der Waals surface area contributed by atoms with Crippen LogP contribution in [0.1, 0.15) is 133 Å². The summed E-state index contributed by atoms with van der Waals surface area (Å²) < 4.78 is 0. The molecule has 0 aromatic carbocycles. The summed E-state index contributed by atoms with van der Waals surface area (Å²) in [5.41, 5.74) is 8.26. The molecule has 0 bridgehead atoms. The Hall–Kier alpha value is -2.68. The molecule has 3 aliphatic rings. The number of nitrogens with zero attached hydrogens (tertiary/aromatic N) is 2. The molecule has 8 heteroatoms. The van der Waals surface area contributed by atoms with E-state index in [0.29, 0.717) is 31.0 Å². The lowest BCUT2D eigenvalue weighted by atomic mass is 9.69. The third kappa shape index (κ3) is 9.77. The fraction of sp³-hybridized carbons (Fsp3) is 0.707. The van der Waals surface area contributed by atoms with E-state index in [2.05, 4.69) is 37.0 Å². The van der Waals surface area contributed by atoms with Gasteiger partial charge in [-0.05, 0) is 124 Å². The van der Waals surface area contributed by atoms with Crippen LogP contribution in [0.2, 0.25) is 0 Å². The Labute approximate surface area is 294 Å². The number of hydrogen-bond acceptors (Lipinski definition) is 6. The second-order valence-corrected chi connectivity index (χ2v) is 15.9. The van der Waals surface area contributed by atoms with Crippen LogP contribution in [0, 0.1) is 35.5 Å². The van der Waals surface area contributed by atoms with Crippen LogP contribution in [0.5, 0.6) is 0 Å². The molecular weight excluding hydrogens is 614 g/mol. The Morgan fingerprint density at radius 3 is 2.49 bits per heavy atom. The van der Waals surface area contributed by atoms with Crippen LogP contribution in [0.25, 0.3) is 0 Å². The summed E-state index contributed by atoms with van der Waals surface area (Å²) >= 11 is 0. The molecule has 2 heterocycles. The lowest BCUT2D eigenvalue weighted by molar-refractivity contribution is -0.150. The van der Waals surface area contributed by atoms with Crippen molar-refractivity contribution in [1.29, 1.82) is 0 Å². The highest BCUT2D eigenvalue weighted by molar-refractivity contribution is 5.71. The first-order valence-electron chi connectivity index (χ1n) is 19.4. The van der Waals surface area contributed by atoms with Crippen LogP contribution in [0.3, 0.4) is 0 Å². The van der Waals surface area contributed by atoms with E-state index in [1.807, 2.05) is 18.3 Å². The number of nitrogen functional groups attached to an aromatic ring is 1. The fourth-order valence-corrected chi connectivity index (χ4v) is 9.72. The van der Waals surface area contributed by atoms with Gasteiger partial charge in [-0.1, -0.05) is 69.7 Å². The molecule has 0 spiro atoms. The van der Waals surface area contributed by atoms with Crippen molar-refractivity contribution in [3.05, 3.63) is 59.6 Å². The second-order valence-electron chi connectivity index (χ2n) is 15.9. The first-order chi connectivity index (χ1) is 23.6. The van der Waals surface area contributed by atoms with Gasteiger partial charge in [0.15, 0.2) is 0 Å². The van der Waals surface area contributed by atoms with Gasteiger partial charge in [-0.15, -0.1) is 0 Å². The number of aromatic nitrogens is 2. The van der Waals surface area contributed by atoms with Crippen LogP contribution < -0.4 is 10.7 Å². The quantitative estimate of drug-likeness (QED) is 0.104. The van der Waals surface area contributed by atoms with Crippen molar-refractivity contribution in [2.75, 3.05) is 5.73 Å². The number of anilines is 1. The minimum atomic E-state index is -1.01. The average molecular weight is 677 g/mol. The largest absolute Gasteiger partial charge is 0.667 e. The predicted octanol–water partition coefficient (Wildman–Crippen LogP) is 7.21. The highest BCUT2D eigenvalue weighted by atomic mass is 16.4. The minimum Gasteiger partial charge on any atom is -0.667 e. The summed E-state index contributed by atoms with van der Waals surface area (Å²) in [4.78, 5) is 21.8. The smallest absolute Gasteiger partial charge is 0.309 e. The molecule has 0 saturated heterocycles. The highest BCUT2D eigenvalue weighted by Gasteiger charge is 2.50. The number of pyridine rings is 1. The molecule has 272 valence electrons. The van der Waals surface area contributed by atoms with Crippen molar-refractivity contribution in [1.82, 2.24) is 9.97 Å². The molecule has 10 atom stereocenters. The highest BCUT2D eigenvalue weighted by Crippen LogP contribution is 2.53. The van der Waals surface area contributed by atoms with Gasteiger partial charge in [-0.25, -0.2) is 4.98 Å². The lowest BCUT2D eigenvalue weighted by Gasteiger charge is -2.41. The molecule has 8 nitrogen and oxygen atoms in total. The number of aliphatic hydroxyl groups is 3. The zero-order chi connectivity index (χ0) is 35.0. The monoisotopic (exact) mass is 676 g/mol. The zero-order valence-electron chi connectivity index (χ0n) is 29.9. The Morgan fingerprint density at radius 1 is 0.980 bits per heavy atom. The molecule has 49 heavy (non-hydrogen) atoms. The van der Waals surface area contributed by atoms with Gasteiger partial charge < -0.3 is 31.1 Å². The third-order valence-electron chi connectivity index (χ3n) is 12.4. The number of carbonyl (C=O) groups is 1. The number of fused-ring (bicyclic) bond motifs is 1. The molecule has 0 amide bonds. The number of aliphatic hydroxyl groups excluding tert-OH is 2. The molecule has 2 fully saturated rings. The van der Waals surface area contributed by atoms with Crippen molar-refractivity contribution in [3.63, 3.8) is 0 Å². The molecule has 5 rings (SSSR count). The predicted molar refractivity (Wildman–Crippen MR) is 194 cm³/mol. The van der Waals surface area contributed by atoms with E-state index in [1.54, 1.807) is 6.20 Å². The normalized spacial score (nSPS) is 33.7. The Kier molecular flexibility index (Phi) is 13.4. The molecule has 2 aromatic rings. The summed E-state index contributed by atoms with van der Waals surface area (Å²) in [6.45, 7) is 4.34. The maximum Gasteiger partial charge on any atom is 0.309 e. The number of carboxylic acids is 1. The van der Waals surface area contributed by atoms with Crippen LogP contribution in [-0.4, -0.2) is 49.2 Å². The van der Waals surface area contributed by atoms with Crippen molar-refractivity contribution >= 4 is 11.8 Å². The topological polar surface area (TPSA) is 151 Å². The van der Waals surface area contributed by atoms with E-state index in [4.69, 9.17) is 10.7 Å². The van der Waals surface area contributed by atoms with Crippen molar-refractivity contribution in [2.45, 2.75) is 147 Å². The number of carboxylic acid groups (broad SMARTS) is 1. The molecule has 0 aliphatic heterocycles. The van der Waals surface area contributed by atoms with Crippen molar-refractivity contribution < 1.29 is 25.2 Å². The molecular formula is C41H62N3O5-. The van der Waals surface area contributed by atoms with Crippen molar-refractivity contribution in [2.24, 2.45) is 35.5 Å². The first kappa shape index (κ1) is 37.6. The Balaban J connectivity index is 1.29. The summed E-state index contributed by atoms with van der Waals surface area (Å²) in [5, 5.41) is 45.2. The van der Waals surface area contributed by atoms with Crippen LogP contribution >= 0.6 is 0 Å². The minimum absolute atomic E-state index is 0.0118. The van der Waals surface area contributed by atoms with E-state index in [0.717, 1.165) is 75.5 Å². The van der Waals surface area contributed by atoms with Crippen LogP contribution in [-0.2, 0) is 17.6 Å². The second kappa shape index (κ2) is 17.5. The fourth-order valence-electron chi connectivity index (χ4n) is 9.72. The Morgan fingerprint density at radius 2 is 1.78 bits per heavy atom. The molecule has 3 aliphatic carbocycles. The lowest BCUT2D eigenvalue weighted by Crippen LogP contribution is -2.42. The summed E-state index contributed by atoms with van der Waals surface area (Å²) in [7, 11) is 0. The number of hydrogen-bond donors (Lipinski definition) is 5. The summed E-state index contributed by atoms with van der Waals surface area (Å²) in [6.07, 6.45) is 21.1. The van der Waals surface area contributed by atoms with E-state index >= 15 is 0 Å². The number of aliphatic carboxylic acids is 1. The van der Waals surface area contributed by atoms with E-state index < -0.39 is 23.6 Å². The number of allylic oxidation sites excluding steroid dienone is 1. The molecule has 6 N–H and O–H groups in total. The van der Waals surface area contributed by atoms with Gasteiger partial charge in [0.05, 0.1) is 23.7 Å². The number of aryl methyl sites for hydroxylation is 1. The van der Waals surface area contributed by atoms with Crippen LogP contribution in [0.15, 0.2) is 42.7 Å². The summed E-state index contributed by atoms with van der Waals surface area (Å²) in [6, 6.07) is 6.08. The number of nitrogens with two attached hydrogens (primary N) is 1. The van der Waals surface area contributed by atoms with Gasteiger partial charge >= 0.3 is 5.97 Å². The molecule has 10 unspecified atom stereocenters. The molecule has 0 radical (unpaired) electrons. The molecule has 2 aromatic heterocycles. The summed E-state index contributed by atoms with van der Waals surface area (Å²) in [5.74, 6) is -0.658.